The molecule has 2 rings (SSSR count). The number of carbonyl (C=O) groups is 1. The average Bonchev–Trinajstić information content (AvgIpc) is 2.46. The van der Waals surface area contributed by atoms with Crippen molar-refractivity contribution >= 4 is 22.6 Å². The first-order valence-electron chi connectivity index (χ1n) is 6.94. The second-order valence-electron chi connectivity index (χ2n) is 5.15. The van der Waals surface area contributed by atoms with E-state index >= 15 is 0 Å². The summed E-state index contributed by atoms with van der Waals surface area (Å²) >= 11 is 0. The van der Waals surface area contributed by atoms with Crippen molar-refractivity contribution in [3.05, 3.63) is 30.5 Å². The van der Waals surface area contributed by atoms with Crippen molar-refractivity contribution in [2.24, 2.45) is 0 Å². The lowest BCUT2D eigenvalue weighted by molar-refractivity contribution is -0.136. The van der Waals surface area contributed by atoms with Gasteiger partial charge in [0.1, 0.15) is 11.6 Å². The third-order valence-corrected chi connectivity index (χ3v) is 3.41. The number of fused-ring (bicyclic) bond motifs is 1. The summed E-state index contributed by atoms with van der Waals surface area (Å²) in [4.78, 5) is 17.3. The van der Waals surface area contributed by atoms with Crippen molar-refractivity contribution in [2.45, 2.75) is 26.3 Å². The molecule has 0 spiro atoms. The summed E-state index contributed by atoms with van der Waals surface area (Å²) in [5.74, 6) is 0.750. The van der Waals surface area contributed by atoms with E-state index in [1.165, 1.54) is 0 Å². The largest absolute Gasteiger partial charge is 0.497 e. The molecule has 5 nitrogen and oxygen atoms in total. The standard InChI is InChI=1S/C16H20N2O3/c1-11(2)18(9-7-15(19)20)16-14-10-13(21-3)5-4-12(14)6-8-17-16/h4-6,8,10-11H,7,9H2,1-3H3,(H,19,20). The number of hydrogen-bond donors (Lipinski definition) is 1. The highest BCUT2D eigenvalue weighted by molar-refractivity contribution is 5.93. The molecule has 0 aliphatic carbocycles. The first-order chi connectivity index (χ1) is 10.0. The van der Waals surface area contributed by atoms with Crippen LogP contribution in [0.4, 0.5) is 5.82 Å². The predicted octanol–water partition coefficient (Wildman–Crippen LogP) is 2.93. The number of methoxy groups -OCH3 is 1. The highest BCUT2D eigenvalue weighted by atomic mass is 16.5. The van der Waals surface area contributed by atoms with E-state index in [1.54, 1.807) is 13.3 Å². The fraction of sp³-hybridized carbons (Fsp3) is 0.375. The average molecular weight is 288 g/mol. The Hall–Kier alpha value is -2.30. The SMILES string of the molecule is COc1ccc2ccnc(N(CCC(=O)O)C(C)C)c2c1. The normalized spacial score (nSPS) is 10.9. The topological polar surface area (TPSA) is 62.7 Å². The molecular weight excluding hydrogens is 268 g/mol. The molecule has 0 saturated heterocycles. The van der Waals surface area contributed by atoms with E-state index in [-0.39, 0.29) is 12.5 Å². The van der Waals surface area contributed by atoms with Crippen LogP contribution in [-0.2, 0) is 4.79 Å². The Balaban J connectivity index is 2.48. The van der Waals surface area contributed by atoms with E-state index < -0.39 is 5.97 Å². The molecule has 2 aromatic rings. The molecule has 0 aliphatic heterocycles. The van der Waals surface area contributed by atoms with Crippen LogP contribution in [0.15, 0.2) is 30.5 Å². The molecule has 0 aliphatic rings. The fourth-order valence-electron chi connectivity index (χ4n) is 2.31. The van der Waals surface area contributed by atoms with Gasteiger partial charge in [-0.2, -0.15) is 0 Å². The Morgan fingerprint density at radius 1 is 1.38 bits per heavy atom. The number of nitrogens with zero attached hydrogens (tertiary/aromatic N) is 2. The molecule has 1 aromatic carbocycles. The van der Waals surface area contributed by atoms with Gasteiger partial charge in [-0.15, -0.1) is 0 Å². The number of benzene rings is 1. The van der Waals surface area contributed by atoms with E-state index in [9.17, 15) is 4.79 Å². The molecule has 0 bridgehead atoms. The Morgan fingerprint density at radius 3 is 2.76 bits per heavy atom. The molecule has 5 heteroatoms. The molecule has 1 N–H and O–H groups in total. The minimum atomic E-state index is -0.807. The highest BCUT2D eigenvalue weighted by Gasteiger charge is 2.16. The number of aromatic nitrogens is 1. The fourth-order valence-corrected chi connectivity index (χ4v) is 2.31. The van der Waals surface area contributed by atoms with Crippen LogP contribution in [0.2, 0.25) is 0 Å². The quantitative estimate of drug-likeness (QED) is 0.885. The van der Waals surface area contributed by atoms with Crippen molar-refractivity contribution in [1.82, 2.24) is 4.98 Å². The summed E-state index contributed by atoms with van der Waals surface area (Å²) < 4.78 is 5.28. The number of pyridine rings is 1. The summed E-state index contributed by atoms with van der Waals surface area (Å²) in [6, 6.07) is 7.92. The molecule has 1 heterocycles. The minimum absolute atomic E-state index is 0.0835. The lowest BCUT2D eigenvalue weighted by Crippen LogP contribution is -2.33. The van der Waals surface area contributed by atoms with Gasteiger partial charge in [0.2, 0.25) is 0 Å². The Morgan fingerprint density at radius 2 is 2.14 bits per heavy atom. The summed E-state index contributed by atoms with van der Waals surface area (Å²) in [5, 5.41) is 10.9. The van der Waals surface area contributed by atoms with Crippen molar-refractivity contribution in [3.8, 4) is 5.75 Å². The van der Waals surface area contributed by atoms with E-state index in [4.69, 9.17) is 9.84 Å². The van der Waals surface area contributed by atoms with Gasteiger partial charge in [-0.05, 0) is 37.4 Å². The third-order valence-electron chi connectivity index (χ3n) is 3.41. The van der Waals surface area contributed by atoms with Crippen LogP contribution in [0.5, 0.6) is 5.75 Å². The zero-order chi connectivity index (χ0) is 15.4. The summed E-state index contributed by atoms with van der Waals surface area (Å²) in [5.41, 5.74) is 0. The van der Waals surface area contributed by atoms with Crippen molar-refractivity contribution in [1.29, 1.82) is 0 Å². The Bertz CT molecular complexity index is 640. The molecular formula is C16H20N2O3. The number of aliphatic carboxylic acids is 1. The molecule has 0 unspecified atom stereocenters. The van der Waals surface area contributed by atoms with Crippen molar-refractivity contribution < 1.29 is 14.6 Å². The van der Waals surface area contributed by atoms with Crippen molar-refractivity contribution in [3.63, 3.8) is 0 Å². The van der Waals surface area contributed by atoms with Crippen LogP contribution in [-0.4, -0.2) is 35.8 Å². The van der Waals surface area contributed by atoms with Crippen LogP contribution < -0.4 is 9.64 Å². The number of ether oxygens (including phenoxy) is 1. The maximum atomic E-state index is 10.9. The molecule has 21 heavy (non-hydrogen) atoms. The van der Waals surface area contributed by atoms with Gasteiger partial charge in [-0.25, -0.2) is 4.98 Å². The zero-order valence-electron chi connectivity index (χ0n) is 12.5. The molecule has 0 saturated carbocycles. The molecule has 0 atom stereocenters. The zero-order valence-corrected chi connectivity index (χ0v) is 12.5. The van der Waals surface area contributed by atoms with Crippen LogP contribution in [0.3, 0.4) is 0 Å². The second-order valence-corrected chi connectivity index (χ2v) is 5.15. The van der Waals surface area contributed by atoms with Crippen LogP contribution in [0, 0.1) is 0 Å². The number of rotatable bonds is 6. The molecule has 0 fully saturated rings. The van der Waals surface area contributed by atoms with Gasteiger partial charge in [0.05, 0.1) is 13.5 Å². The Kier molecular flexibility index (Phi) is 4.62. The summed E-state index contributed by atoms with van der Waals surface area (Å²) in [6.45, 7) is 4.49. The molecule has 0 amide bonds. The summed E-state index contributed by atoms with van der Waals surface area (Å²) in [6.07, 6.45) is 1.83. The van der Waals surface area contributed by atoms with E-state index in [1.807, 2.05) is 43.0 Å². The monoisotopic (exact) mass is 288 g/mol. The third kappa shape index (κ3) is 3.42. The summed E-state index contributed by atoms with van der Waals surface area (Å²) in [7, 11) is 1.63. The van der Waals surface area contributed by atoms with Gasteiger partial charge in [-0.3, -0.25) is 4.79 Å². The Labute approximate surface area is 124 Å². The molecule has 112 valence electrons. The number of hydrogen-bond acceptors (Lipinski definition) is 4. The van der Waals surface area contributed by atoms with E-state index in [2.05, 4.69) is 4.98 Å². The van der Waals surface area contributed by atoms with E-state index in [0.29, 0.717) is 6.54 Å². The second kappa shape index (κ2) is 6.43. The number of carboxylic acid groups (broad SMARTS) is 1. The van der Waals surface area contributed by atoms with Crippen LogP contribution in [0.25, 0.3) is 10.8 Å². The van der Waals surface area contributed by atoms with Gasteiger partial charge in [0.25, 0.3) is 0 Å². The van der Waals surface area contributed by atoms with Crippen LogP contribution >= 0.6 is 0 Å². The molecule has 0 radical (unpaired) electrons. The van der Waals surface area contributed by atoms with Crippen LogP contribution in [0.1, 0.15) is 20.3 Å². The lowest BCUT2D eigenvalue weighted by Gasteiger charge is -2.28. The lowest BCUT2D eigenvalue weighted by atomic mass is 10.1. The van der Waals surface area contributed by atoms with Gasteiger partial charge >= 0.3 is 5.97 Å². The predicted molar refractivity (Wildman–Crippen MR) is 83.0 cm³/mol. The number of carboxylic acids is 1. The maximum absolute atomic E-state index is 10.9. The van der Waals surface area contributed by atoms with Gasteiger partial charge in [0.15, 0.2) is 0 Å². The maximum Gasteiger partial charge on any atom is 0.305 e. The first kappa shape index (κ1) is 15.1. The van der Waals surface area contributed by atoms with Gasteiger partial charge in [-0.1, -0.05) is 6.07 Å². The highest BCUT2D eigenvalue weighted by Crippen LogP contribution is 2.29. The first-order valence-corrected chi connectivity index (χ1v) is 6.94. The van der Waals surface area contributed by atoms with Gasteiger partial charge in [0, 0.05) is 24.2 Å². The smallest absolute Gasteiger partial charge is 0.305 e. The minimum Gasteiger partial charge on any atom is -0.497 e. The van der Waals surface area contributed by atoms with E-state index in [0.717, 1.165) is 22.3 Å². The number of anilines is 1. The van der Waals surface area contributed by atoms with Crippen molar-refractivity contribution in [2.75, 3.05) is 18.6 Å². The van der Waals surface area contributed by atoms with Gasteiger partial charge < -0.3 is 14.7 Å². The molecule has 1 aromatic heterocycles.